The van der Waals surface area contributed by atoms with E-state index in [1.165, 1.54) is 0 Å². The Morgan fingerprint density at radius 1 is 1.64 bits per heavy atom. The SMILES string of the molecule is CSCCNC(=O)c1ccc(CN)o1. The third kappa shape index (κ3) is 3.08. The molecule has 14 heavy (non-hydrogen) atoms. The lowest BCUT2D eigenvalue weighted by atomic mass is 10.4. The first-order chi connectivity index (χ1) is 6.77. The largest absolute Gasteiger partial charge is 0.455 e. The van der Waals surface area contributed by atoms with Crippen molar-refractivity contribution in [3.05, 3.63) is 23.7 Å². The second-order valence-electron chi connectivity index (χ2n) is 2.72. The number of furan rings is 1. The van der Waals surface area contributed by atoms with Crippen molar-refractivity contribution in [3.8, 4) is 0 Å². The summed E-state index contributed by atoms with van der Waals surface area (Å²) in [5.74, 6) is 1.67. The Bertz CT molecular complexity index is 299. The highest BCUT2D eigenvalue weighted by molar-refractivity contribution is 7.98. The van der Waals surface area contributed by atoms with E-state index in [2.05, 4.69) is 5.32 Å². The zero-order valence-electron chi connectivity index (χ0n) is 8.08. The molecule has 3 N–H and O–H groups in total. The van der Waals surface area contributed by atoms with Crippen LogP contribution in [0.2, 0.25) is 0 Å². The van der Waals surface area contributed by atoms with Crippen molar-refractivity contribution in [2.45, 2.75) is 6.54 Å². The van der Waals surface area contributed by atoms with Crippen LogP contribution in [0.15, 0.2) is 16.5 Å². The van der Waals surface area contributed by atoms with E-state index in [1.807, 2.05) is 6.26 Å². The second-order valence-corrected chi connectivity index (χ2v) is 3.70. The highest BCUT2D eigenvalue weighted by Gasteiger charge is 2.09. The number of carbonyl (C=O) groups is 1. The fraction of sp³-hybridized carbons (Fsp3) is 0.444. The molecule has 1 aromatic rings. The van der Waals surface area contributed by atoms with Gasteiger partial charge in [0.25, 0.3) is 5.91 Å². The molecule has 0 spiro atoms. The average Bonchev–Trinajstić information content (AvgIpc) is 2.66. The maximum Gasteiger partial charge on any atom is 0.287 e. The normalized spacial score (nSPS) is 10.1. The molecule has 4 nitrogen and oxygen atoms in total. The molecule has 0 atom stereocenters. The van der Waals surface area contributed by atoms with Gasteiger partial charge in [0.2, 0.25) is 0 Å². The van der Waals surface area contributed by atoms with Crippen LogP contribution < -0.4 is 11.1 Å². The molecule has 0 bridgehead atoms. The Labute approximate surface area is 87.2 Å². The quantitative estimate of drug-likeness (QED) is 0.712. The number of nitrogens with one attached hydrogen (secondary N) is 1. The first kappa shape index (κ1) is 11.1. The molecule has 0 aromatic carbocycles. The number of rotatable bonds is 5. The molecule has 78 valence electrons. The summed E-state index contributed by atoms with van der Waals surface area (Å²) in [6, 6.07) is 3.35. The van der Waals surface area contributed by atoms with Crippen LogP contribution in [-0.4, -0.2) is 24.5 Å². The number of amides is 1. The van der Waals surface area contributed by atoms with E-state index < -0.39 is 0 Å². The van der Waals surface area contributed by atoms with Gasteiger partial charge in [-0.3, -0.25) is 4.79 Å². The highest BCUT2D eigenvalue weighted by Crippen LogP contribution is 2.06. The summed E-state index contributed by atoms with van der Waals surface area (Å²) in [5.41, 5.74) is 5.36. The Kier molecular flexibility index (Phi) is 4.55. The minimum atomic E-state index is -0.182. The molecule has 1 aromatic heterocycles. The van der Waals surface area contributed by atoms with Crippen molar-refractivity contribution < 1.29 is 9.21 Å². The Balaban J connectivity index is 2.44. The van der Waals surface area contributed by atoms with E-state index in [0.29, 0.717) is 24.6 Å². The molecule has 0 aliphatic heterocycles. The highest BCUT2D eigenvalue weighted by atomic mass is 32.2. The summed E-state index contributed by atoms with van der Waals surface area (Å²) in [7, 11) is 0. The fourth-order valence-corrected chi connectivity index (χ4v) is 1.27. The Morgan fingerprint density at radius 3 is 3.00 bits per heavy atom. The van der Waals surface area contributed by atoms with E-state index in [4.69, 9.17) is 10.2 Å². The van der Waals surface area contributed by atoms with Crippen LogP contribution in [-0.2, 0) is 6.54 Å². The lowest BCUT2D eigenvalue weighted by Crippen LogP contribution is -2.25. The Morgan fingerprint density at radius 2 is 2.43 bits per heavy atom. The number of hydrogen-bond donors (Lipinski definition) is 2. The van der Waals surface area contributed by atoms with Crippen LogP contribution >= 0.6 is 11.8 Å². The van der Waals surface area contributed by atoms with Gasteiger partial charge in [0, 0.05) is 12.3 Å². The lowest BCUT2D eigenvalue weighted by molar-refractivity contribution is 0.0927. The van der Waals surface area contributed by atoms with Crippen LogP contribution in [0.4, 0.5) is 0 Å². The summed E-state index contributed by atoms with van der Waals surface area (Å²) < 4.78 is 5.18. The van der Waals surface area contributed by atoms with Gasteiger partial charge in [-0.1, -0.05) is 0 Å². The fourth-order valence-electron chi connectivity index (χ4n) is 0.963. The van der Waals surface area contributed by atoms with Gasteiger partial charge < -0.3 is 15.5 Å². The predicted octanol–water partition coefficient (Wildman–Crippen LogP) is 0.831. The minimum absolute atomic E-state index is 0.182. The van der Waals surface area contributed by atoms with Crippen molar-refractivity contribution in [1.29, 1.82) is 0 Å². The second kappa shape index (κ2) is 5.72. The van der Waals surface area contributed by atoms with E-state index in [9.17, 15) is 4.79 Å². The van der Waals surface area contributed by atoms with Crippen LogP contribution in [0.25, 0.3) is 0 Å². The van der Waals surface area contributed by atoms with E-state index in [0.717, 1.165) is 5.75 Å². The molecule has 0 saturated heterocycles. The minimum Gasteiger partial charge on any atom is -0.455 e. The lowest BCUT2D eigenvalue weighted by Gasteiger charge is -2.00. The van der Waals surface area contributed by atoms with Gasteiger partial charge in [0.15, 0.2) is 5.76 Å². The van der Waals surface area contributed by atoms with Gasteiger partial charge in [-0.25, -0.2) is 0 Å². The summed E-state index contributed by atoms with van der Waals surface area (Å²) in [6.07, 6.45) is 1.99. The van der Waals surface area contributed by atoms with Crippen LogP contribution in [0.5, 0.6) is 0 Å². The van der Waals surface area contributed by atoms with E-state index in [-0.39, 0.29) is 5.91 Å². The monoisotopic (exact) mass is 214 g/mol. The maximum atomic E-state index is 11.4. The number of carbonyl (C=O) groups excluding carboxylic acids is 1. The summed E-state index contributed by atoms with van der Waals surface area (Å²) in [6.45, 7) is 0.969. The van der Waals surface area contributed by atoms with Gasteiger partial charge in [0.1, 0.15) is 5.76 Å². The van der Waals surface area contributed by atoms with Crippen LogP contribution in [0.3, 0.4) is 0 Å². The van der Waals surface area contributed by atoms with Crippen molar-refractivity contribution in [2.75, 3.05) is 18.6 Å². The predicted molar refractivity (Wildman–Crippen MR) is 57.3 cm³/mol. The van der Waals surface area contributed by atoms with Gasteiger partial charge in [-0.05, 0) is 18.4 Å². The average molecular weight is 214 g/mol. The van der Waals surface area contributed by atoms with Crippen LogP contribution in [0.1, 0.15) is 16.3 Å². The first-order valence-corrected chi connectivity index (χ1v) is 5.73. The molecule has 0 radical (unpaired) electrons. The third-order valence-corrected chi connectivity index (χ3v) is 2.29. The topological polar surface area (TPSA) is 68.3 Å². The molecule has 1 amide bonds. The van der Waals surface area contributed by atoms with E-state index >= 15 is 0 Å². The molecular formula is C9H14N2O2S. The zero-order valence-corrected chi connectivity index (χ0v) is 8.89. The van der Waals surface area contributed by atoms with Crippen LogP contribution in [0, 0.1) is 0 Å². The molecule has 0 fully saturated rings. The van der Waals surface area contributed by atoms with Crippen molar-refractivity contribution in [2.24, 2.45) is 5.73 Å². The number of nitrogens with two attached hydrogens (primary N) is 1. The smallest absolute Gasteiger partial charge is 0.287 e. The van der Waals surface area contributed by atoms with Gasteiger partial charge in [-0.2, -0.15) is 11.8 Å². The third-order valence-electron chi connectivity index (χ3n) is 1.68. The molecule has 0 aliphatic carbocycles. The van der Waals surface area contributed by atoms with E-state index in [1.54, 1.807) is 23.9 Å². The number of hydrogen-bond acceptors (Lipinski definition) is 4. The van der Waals surface area contributed by atoms with Crippen molar-refractivity contribution >= 4 is 17.7 Å². The maximum absolute atomic E-state index is 11.4. The van der Waals surface area contributed by atoms with Crippen molar-refractivity contribution in [3.63, 3.8) is 0 Å². The van der Waals surface area contributed by atoms with Crippen molar-refractivity contribution in [1.82, 2.24) is 5.32 Å². The molecule has 1 heterocycles. The molecule has 1 rings (SSSR count). The Hall–Kier alpha value is -0.940. The molecule has 5 heteroatoms. The molecule has 0 saturated carbocycles. The summed E-state index contributed by atoms with van der Waals surface area (Å²) in [5, 5.41) is 2.74. The van der Waals surface area contributed by atoms with Gasteiger partial charge in [-0.15, -0.1) is 0 Å². The molecular weight excluding hydrogens is 200 g/mol. The van der Waals surface area contributed by atoms with Gasteiger partial charge in [0.05, 0.1) is 6.54 Å². The molecule has 0 unspecified atom stereocenters. The summed E-state index contributed by atoms with van der Waals surface area (Å²) >= 11 is 1.68. The first-order valence-electron chi connectivity index (χ1n) is 4.34. The summed E-state index contributed by atoms with van der Waals surface area (Å²) in [4.78, 5) is 11.4. The molecule has 0 aliphatic rings. The standard InChI is InChI=1S/C9H14N2O2S/c1-14-5-4-11-9(12)8-3-2-7(6-10)13-8/h2-3H,4-6,10H2,1H3,(H,11,12). The zero-order chi connectivity index (χ0) is 10.4. The van der Waals surface area contributed by atoms with Gasteiger partial charge >= 0.3 is 0 Å². The number of thioether (sulfide) groups is 1.